The average Bonchev–Trinajstić information content (AvgIpc) is 3.17. The fourth-order valence-electron chi connectivity index (χ4n) is 3.85. The molecule has 0 radical (unpaired) electrons. The number of anilines is 1. The number of aromatic nitrogens is 1. The highest BCUT2D eigenvalue weighted by Gasteiger charge is 2.14. The Bertz CT molecular complexity index is 1300. The Morgan fingerprint density at radius 1 is 1.00 bits per heavy atom. The molecule has 5 nitrogen and oxygen atoms in total. The number of aryl methyl sites for hydroxylation is 2. The number of rotatable bonds is 8. The van der Waals surface area contributed by atoms with E-state index in [1.165, 1.54) is 28.5 Å². The molecule has 0 aliphatic heterocycles. The Hall–Kier alpha value is -3.38. The predicted molar refractivity (Wildman–Crippen MR) is 136 cm³/mol. The van der Waals surface area contributed by atoms with Crippen molar-refractivity contribution in [1.82, 2.24) is 4.57 Å². The standard InChI is InChI=1S/C27H28N2O3S/c1-18-9-10-19(2)20(13-18)15-29-16-26(22-7-5-6-8-24(22)29)33-17-27(30)28-23-14-21(31-3)11-12-25(23)32-4/h5-14,16H,15,17H2,1-4H3,(H,28,30). The van der Waals surface area contributed by atoms with Gasteiger partial charge in [0.25, 0.3) is 0 Å². The van der Waals surface area contributed by atoms with E-state index in [-0.39, 0.29) is 11.7 Å². The van der Waals surface area contributed by atoms with Gasteiger partial charge in [-0.3, -0.25) is 4.79 Å². The van der Waals surface area contributed by atoms with Crippen molar-refractivity contribution in [3.05, 3.63) is 83.6 Å². The number of carbonyl (C=O) groups is 1. The van der Waals surface area contributed by atoms with E-state index in [2.05, 4.69) is 66.3 Å². The normalized spacial score (nSPS) is 10.9. The maximum atomic E-state index is 12.7. The Kier molecular flexibility index (Phi) is 6.94. The quantitative estimate of drug-likeness (QED) is 0.325. The van der Waals surface area contributed by atoms with E-state index in [0.29, 0.717) is 17.2 Å². The van der Waals surface area contributed by atoms with Gasteiger partial charge in [0.1, 0.15) is 11.5 Å². The first kappa shape index (κ1) is 22.8. The molecular weight excluding hydrogens is 432 g/mol. The zero-order valence-corrected chi connectivity index (χ0v) is 20.2. The van der Waals surface area contributed by atoms with Crippen LogP contribution in [0.5, 0.6) is 11.5 Å². The fourth-order valence-corrected chi connectivity index (χ4v) is 4.74. The van der Waals surface area contributed by atoms with Crippen molar-refractivity contribution >= 4 is 34.3 Å². The summed E-state index contributed by atoms with van der Waals surface area (Å²) in [7, 11) is 3.17. The van der Waals surface area contributed by atoms with Crippen molar-refractivity contribution in [3.8, 4) is 11.5 Å². The minimum absolute atomic E-state index is 0.0992. The number of hydrogen-bond acceptors (Lipinski definition) is 4. The summed E-state index contributed by atoms with van der Waals surface area (Å²) in [5.41, 5.74) is 5.59. The minimum Gasteiger partial charge on any atom is -0.497 e. The summed E-state index contributed by atoms with van der Waals surface area (Å²) >= 11 is 1.53. The van der Waals surface area contributed by atoms with Gasteiger partial charge in [0, 0.05) is 34.6 Å². The Morgan fingerprint density at radius 3 is 2.61 bits per heavy atom. The van der Waals surface area contributed by atoms with Gasteiger partial charge in [-0.1, -0.05) is 42.0 Å². The van der Waals surface area contributed by atoms with Gasteiger partial charge >= 0.3 is 0 Å². The van der Waals surface area contributed by atoms with E-state index in [1.807, 2.05) is 6.07 Å². The van der Waals surface area contributed by atoms with Crippen molar-refractivity contribution in [2.75, 3.05) is 25.3 Å². The predicted octanol–water partition coefficient (Wildman–Crippen LogP) is 6.05. The molecule has 1 N–H and O–H groups in total. The summed E-state index contributed by atoms with van der Waals surface area (Å²) in [5, 5.41) is 4.10. The molecule has 0 aliphatic rings. The maximum Gasteiger partial charge on any atom is 0.234 e. The summed E-state index contributed by atoms with van der Waals surface area (Å²) in [6.07, 6.45) is 2.15. The first-order valence-corrected chi connectivity index (χ1v) is 11.8. The van der Waals surface area contributed by atoms with Crippen molar-refractivity contribution in [3.63, 3.8) is 0 Å². The average molecular weight is 461 g/mol. The lowest BCUT2D eigenvalue weighted by Crippen LogP contribution is -2.14. The van der Waals surface area contributed by atoms with Gasteiger partial charge in [0.15, 0.2) is 0 Å². The minimum atomic E-state index is -0.0992. The molecule has 33 heavy (non-hydrogen) atoms. The molecule has 170 valence electrons. The van der Waals surface area contributed by atoms with Crippen LogP contribution in [-0.2, 0) is 11.3 Å². The van der Waals surface area contributed by atoms with Crippen molar-refractivity contribution in [2.24, 2.45) is 0 Å². The van der Waals surface area contributed by atoms with E-state index in [9.17, 15) is 4.79 Å². The van der Waals surface area contributed by atoms with Crippen LogP contribution >= 0.6 is 11.8 Å². The second-order valence-electron chi connectivity index (χ2n) is 7.97. The molecule has 0 bridgehead atoms. The van der Waals surface area contributed by atoms with Crippen LogP contribution in [0.3, 0.4) is 0 Å². The smallest absolute Gasteiger partial charge is 0.234 e. The van der Waals surface area contributed by atoms with Crippen LogP contribution in [0.2, 0.25) is 0 Å². The molecule has 3 aromatic carbocycles. The van der Waals surface area contributed by atoms with Crippen LogP contribution in [-0.4, -0.2) is 30.4 Å². The van der Waals surface area contributed by atoms with Gasteiger partial charge in [0.05, 0.1) is 25.7 Å². The van der Waals surface area contributed by atoms with Crippen molar-refractivity contribution in [2.45, 2.75) is 25.3 Å². The van der Waals surface area contributed by atoms with Crippen LogP contribution in [0.4, 0.5) is 5.69 Å². The third-order valence-corrected chi connectivity index (χ3v) is 6.68. The fraction of sp³-hybridized carbons (Fsp3) is 0.222. The molecule has 0 fully saturated rings. The summed E-state index contributed by atoms with van der Waals surface area (Å²) < 4.78 is 12.9. The van der Waals surface area contributed by atoms with Crippen LogP contribution in [0.25, 0.3) is 10.9 Å². The highest BCUT2D eigenvalue weighted by atomic mass is 32.2. The number of fused-ring (bicyclic) bond motifs is 1. The molecule has 1 amide bonds. The van der Waals surface area contributed by atoms with Gasteiger partial charge in [0.2, 0.25) is 5.91 Å². The molecule has 6 heteroatoms. The number of thioether (sulfide) groups is 1. The van der Waals surface area contributed by atoms with E-state index in [1.54, 1.807) is 32.4 Å². The Morgan fingerprint density at radius 2 is 1.82 bits per heavy atom. The van der Waals surface area contributed by atoms with E-state index < -0.39 is 0 Å². The summed E-state index contributed by atoms with van der Waals surface area (Å²) in [6.45, 7) is 5.06. The largest absolute Gasteiger partial charge is 0.497 e. The van der Waals surface area contributed by atoms with E-state index >= 15 is 0 Å². The van der Waals surface area contributed by atoms with E-state index in [4.69, 9.17) is 9.47 Å². The monoisotopic (exact) mass is 460 g/mol. The second kappa shape index (κ2) is 10.0. The zero-order chi connectivity index (χ0) is 23.4. The first-order chi connectivity index (χ1) is 16.0. The number of ether oxygens (including phenoxy) is 2. The Labute approximate surface area is 198 Å². The number of nitrogens with one attached hydrogen (secondary N) is 1. The third-order valence-electron chi connectivity index (χ3n) is 5.64. The third kappa shape index (κ3) is 5.17. The number of para-hydroxylation sites is 1. The summed E-state index contributed by atoms with van der Waals surface area (Å²) in [5.74, 6) is 1.45. The molecule has 4 rings (SSSR count). The molecule has 0 spiro atoms. The lowest BCUT2D eigenvalue weighted by molar-refractivity contribution is -0.113. The molecule has 0 saturated carbocycles. The van der Waals surface area contributed by atoms with Crippen LogP contribution in [0.1, 0.15) is 16.7 Å². The zero-order valence-electron chi connectivity index (χ0n) is 19.3. The number of nitrogens with zero attached hydrogens (tertiary/aromatic N) is 1. The molecule has 1 aromatic heterocycles. The number of carbonyl (C=O) groups excluding carboxylic acids is 1. The van der Waals surface area contributed by atoms with Crippen molar-refractivity contribution < 1.29 is 14.3 Å². The second-order valence-corrected chi connectivity index (χ2v) is 8.99. The Balaban J connectivity index is 1.53. The molecule has 0 atom stereocenters. The van der Waals surface area contributed by atoms with Crippen LogP contribution in [0, 0.1) is 13.8 Å². The molecule has 1 heterocycles. The lowest BCUT2D eigenvalue weighted by atomic mass is 10.1. The topological polar surface area (TPSA) is 52.5 Å². The number of benzene rings is 3. The molecule has 0 unspecified atom stereocenters. The van der Waals surface area contributed by atoms with Crippen LogP contribution in [0.15, 0.2) is 71.8 Å². The molecular formula is C27H28N2O3S. The summed E-state index contributed by atoms with van der Waals surface area (Å²) in [4.78, 5) is 13.8. The first-order valence-electron chi connectivity index (χ1n) is 10.8. The number of hydrogen-bond donors (Lipinski definition) is 1. The highest BCUT2D eigenvalue weighted by molar-refractivity contribution is 8.00. The number of amides is 1. The van der Waals surface area contributed by atoms with E-state index in [0.717, 1.165) is 22.3 Å². The SMILES string of the molecule is COc1ccc(OC)c(NC(=O)CSc2cn(Cc3cc(C)ccc3C)c3ccccc23)c1. The molecule has 0 saturated heterocycles. The van der Waals surface area contributed by atoms with Gasteiger partial charge in [-0.25, -0.2) is 0 Å². The summed E-state index contributed by atoms with van der Waals surface area (Å²) in [6, 6.07) is 20.2. The highest BCUT2D eigenvalue weighted by Crippen LogP contribution is 2.32. The molecule has 0 aliphatic carbocycles. The lowest BCUT2D eigenvalue weighted by Gasteiger charge is -2.11. The molecule has 4 aromatic rings. The van der Waals surface area contributed by atoms with Gasteiger partial charge < -0.3 is 19.4 Å². The number of methoxy groups -OCH3 is 2. The van der Waals surface area contributed by atoms with Gasteiger partial charge in [-0.15, -0.1) is 11.8 Å². The van der Waals surface area contributed by atoms with Gasteiger partial charge in [-0.2, -0.15) is 0 Å². The van der Waals surface area contributed by atoms with Crippen LogP contribution < -0.4 is 14.8 Å². The van der Waals surface area contributed by atoms with Gasteiger partial charge in [-0.05, 0) is 43.2 Å². The van der Waals surface area contributed by atoms with Crippen molar-refractivity contribution in [1.29, 1.82) is 0 Å². The maximum absolute atomic E-state index is 12.7.